The van der Waals surface area contributed by atoms with Crippen LogP contribution in [0.25, 0.3) is 11.5 Å². The molecule has 0 aliphatic rings. The Bertz CT molecular complexity index is 1060. The third kappa shape index (κ3) is 5.25. The van der Waals surface area contributed by atoms with Gasteiger partial charge in [0.1, 0.15) is 0 Å². The molecule has 154 valence electrons. The molecule has 3 rings (SSSR count). The maximum atomic E-state index is 12.4. The van der Waals surface area contributed by atoms with Crippen molar-refractivity contribution in [1.29, 1.82) is 0 Å². The molecule has 2 amide bonds. The molecule has 2 aromatic carbocycles. The number of carbonyl (C=O) groups is 2. The number of amides is 2. The molecule has 0 bridgehead atoms. The van der Waals surface area contributed by atoms with E-state index in [0.29, 0.717) is 23.2 Å². The van der Waals surface area contributed by atoms with Crippen LogP contribution in [-0.4, -0.2) is 26.9 Å². The van der Waals surface area contributed by atoms with Crippen LogP contribution in [0.1, 0.15) is 30.6 Å². The van der Waals surface area contributed by atoms with E-state index >= 15 is 0 Å². The van der Waals surface area contributed by atoms with E-state index in [0.717, 1.165) is 0 Å². The molecular weight excluding hydrogens is 390 g/mol. The number of aromatic nitrogens is 2. The lowest BCUT2D eigenvalue weighted by Gasteiger charge is -2.07. The van der Waals surface area contributed by atoms with Gasteiger partial charge >= 0.3 is 6.01 Å². The van der Waals surface area contributed by atoms with Gasteiger partial charge in [0.25, 0.3) is 11.6 Å². The van der Waals surface area contributed by atoms with Gasteiger partial charge in [0, 0.05) is 35.4 Å². The van der Waals surface area contributed by atoms with Crippen molar-refractivity contribution in [2.45, 2.75) is 20.3 Å². The number of anilines is 2. The third-order valence-corrected chi connectivity index (χ3v) is 4.00. The normalized spacial score (nSPS) is 10.6. The first-order valence-corrected chi connectivity index (χ1v) is 9.11. The zero-order valence-corrected chi connectivity index (χ0v) is 16.3. The Morgan fingerprint density at radius 3 is 2.30 bits per heavy atom. The fourth-order valence-electron chi connectivity index (χ4n) is 2.57. The summed E-state index contributed by atoms with van der Waals surface area (Å²) in [5, 5.41) is 23.6. The van der Waals surface area contributed by atoms with Gasteiger partial charge in [0.05, 0.1) is 4.92 Å². The molecule has 10 heteroatoms. The first-order valence-electron chi connectivity index (χ1n) is 9.11. The van der Waals surface area contributed by atoms with Crippen molar-refractivity contribution in [3.8, 4) is 11.5 Å². The second-order valence-electron chi connectivity index (χ2n) is 6.89. The van der Waals surface area contributed by atoms with Crippen molar-refractivity contribution in [2.24, 2.45) is 5.92 Å². The van der Waals surface area contributed by atoms with E-state index in [-0.39, 0.29) is 29.4 Å². The first kappa shape index (κ1) is 20.6. The average molecular weight is 409 g/mol. The lowest BCUT2D eigenvalue weighted by Crippen LogP contribution is -2.15. The number of carbonyl (C=O) groups excluding carboxylic acids is 2. The minimum Gasteiger partial charge on any atom is -0.403 e. The van der Waals surface area contributed by atoms with E-state index in [1.54, 1.807) is 24.3 Å². The average Bonchev–Trinajstić information content (AvgIpc) is 3.16. The van der Waals surface area contributed by atoms with Gasteiger partial charge in [-0.3, -0.25) is 25.0 Å². The highest BCUT2D eigenvalue weighted by Crippen LogP contribution is 2.23. The van der Waals surface area contributed by atoms with Gasteiger partial charge in [0.2, 0.25) is 11.8 Å². The van der Waals surface area contributed by atoms with E-state index in [4.69, 9.17) is 4.42 Å². The fraction of sp³-hybridized carbons (Fsp3) is 0.200. The molecule has 1 aromatic heterocycles. The first-order chi connectivity index (χ1) is 14.3. The van der Waals surface area contributed by atoms with Crippen LogP contribution < -0.4 is 10.6 Å². The number of nitrogens with zero attached hydrogens (tertiary/aromatic N) is 3. The van der Waals surface area contributed by atoms with Crippen LogP contribution in [0.4, 0.5) is 17.4 Å². The summed E-state index contributed by atoms with van der Waals surface area (Å²) in [5.74, 6) is -0.190. The maximum Gasteiger partial charge on any atom is 0.322 e. The van der Waals surface area contributed by atoms with Crippen molar-refractivity contribution in [1.82, 2.24) is 10.2 Å². The second kappa shape index (κ2) is 8.95. The molecule has 0 spiro atoms. The summed E-state index contributed by atoms with van der Waals surface area (Å²) in [6, 6.07) is 11.9. The van der Waals surface area contributed by atoms with Crippen molar-refractivity contribution in [3.05, 3.63) is 64.2 Å². The number of hydrogen-bond donors (Lipinski definition) is 2. The Balaban J connectivity index is 1.62. The Morgan fingerprint density at radius 2 is 1.70 bits per heavy atom. The minimum absolute atomic E-state index is 0.0596. The van der Waals surface area contributed by atoms with Crippen LogP contribution >= 0.6 is 0 Å². The Hall–Kier alpha value is -4.08. The molecule has 0 fully saturated rings. The van der Waals surface area contributed by atoms with E-state index in [9.17, 15) is 19.7 Å². The second-order valence-corrected chi connectivity index (χ2v) is 6.89. The topological polar surface area (TPSA) is 140 Å². The monoisotopic (exact) mass is 409 g/mol. The zero-order chi connectivity index (χ0) is 21.7. The predicted octanol–water partition coefficient (Wildman–Crippen LogP) is 3.88. The highest BCUT2D eigenvalue weighted by Gasteiger charge is 2.14. The van der Waals surface area contributed by atoms with Crippen LogP contribution in [0.3, 0.4) is 0 Å². The molecule has 30 heavy (non-hydrogen) atoms. The highest BCUT2D eigenvalue weighted by molar-refractivity contribution is 6.03. The highest BCUT2D eigenvalue weighted by atomic mass is 16.6. The summed E-state index contributed by atoms with van der Waals surface area (Å²) in [4.78, 5) is 34.4. The number of benzene rings is 2. The van der Waals surface area contributed by atoms with E-state index < -0.39 is 10.8 Å². The molecule has 0 saturated carbocycles. The largest absolute Gasteiger partial charge is 0.403 e. The molecule has 1 heterocycles. The number of nitro benzene ring substituents is 1. The van der Waals surface area contributed by atoms with Gasteiger partial charge in [-0.15, -0.1) is 5.10 Å². The number of non-ortho nitro benzene ring substituents is 1. The molecular formula is C20H19N5O5. The lowest BCUT2D eigenvalue weighted by atomic mass is 10.1. The van der Waals surface area contributed by atoms with Crippen LogP contribution in [-0.2, 0) is 4.79 Å². The fourth-order valence-corrected chi connectivity index (χ4v) is 2.57. The molecule has 0 atom stereocenters. The number of nitrogens with one attached hydrogen (secondary N) is 2. The van der Waals surface area contributed by atoms with Gasteiger partial charge in [-0.1, -0.05) is 18.9 Å². The van der Waals surface area contributed by atoms with Crippen LogP contribution in [0, 0.1) is 16.0 Å². The Labute approximate surface area is 171 Å². The standard InChI is InChI=1S/C20H19N5O5/c1-12(2)11-17(26)21-15-7-3-13(4-8-15)18(27)22-20-24-23-19(30-20)14-5-9-16(10-6-14)25(28)29/h3-10,12H,11H2,1-2H3,(H,21,26)(H,22,24,27). The van der Waals surface area contributed by atoms with E-state index in [1.807, 2.05) is 13.8 Å². The third-order valence-electron chi connectivity index (χ3n) is 4.00. The van der Waals surface area contributed by atoms with Crippen molar-refractivity contribution >= 4 is 29.2 Å². The van der Waals surface area contributed by atoms with Crippen LogP contribution in [0.2, 0.25) is 0 Å². The van der Waals surface area contributed by atoms with Crippen molar-refractivity contribution < 1.29 is 18.9 Å². The zero-order valence-electron chi connectivity index (χ0n) is 16.3. The molecule has 0 unspecified atom stereocenters. The summed E-state index contributed by atoms with van der Waals surface area (Å²) in [7, 11) is 0. The summed E-state index contributed by atoms with van der Waals surface area (Å²) in [6.07, 6.45) is 0.413. The van der Waals surface area contributed by atoms with Crippen molar-refractivity contribution in [2.75, 3.05) is 10.6 Å². The maximum absolute atomic E-state index is 12.4. The van der Waals surface area contributed by atoms with Gasteiger partial charge in [-0.25, -0.2) is 0 Å². The summed E-state index contributed by atoms with van der Waals surface area (Å²) in [6.45, 7) is 3.91. The molecule has 3 aromatic rings. The van der Waals surface area contributed by atoms with E-state index in [2.05, 4.69) is 20.8 Å². The molecule has 2 N–H and O–H groups in total. The molecule has 10 nitrogen and oxygen atoms in total. The number of rotatable bonds is 7. The van der Waals surface area contributed by atoms with Gasteiger partial charge in [-0.2, -0.15) is 0 Å². The quantitative estimate of drug-likeness (QED) is 0.445. The lowest BCUT2D eigenvalue weighted by molar-refractivity contribution is -0.384. The van der Waals surface area contributed by atoms with Gasteiger partial charge in [0.15, 0.2) is 0 Å². The Morgan fingerprint density at radius 1 is 1.03 bits per heavy atom. The van der Waals surface area contributed by atoms with Gasteiger partial charge < -0.3 is 9.73 Å². The summed E-state index contributed by atoms with van der Waals surface area (Å²) >= 11 is 0. The predicted molar refractivity (Wildman–Crippen MR) is 109 cm³/mol. The number of nitro groups is 1. The minimum atomic E-state index is -0.510. The van der Waals surface area contributed by atoms with Crippen LogP contribution in [0.5, 0.6) is 0 Å². The SMILES string of the molecule is CC(C)CC(=O)Nc1ccc(C(=O)Nc2nnc(-c3ccc([N+](=O)[O-])cc3)o2)cc1. The summed E-state index contributed by atoms with van der Waals surface area (Å²) < 4.78 is 5.39. The summed E-state index contributed by atoms with van der Waals surface area (Å²) in [5.41, 5.74) is 1.35. The smallest absolute Gasteiger partial charge is 0.322 e. The Kier molecular flexibility index (Phi) is 6.16. The molecule has 0 radical (unpaired) electrons. The van der Waals surface area contributed by atoms with Gasteiger partial charge in [-0.05, 0) is 42.3 Å². The van der Waals surface area contributed by atoms with Crippen molar-refractivity contribution in [3.63, 3.8) is 0 Å². The van der Waals surface area contributed by atoms with E-state index in [1.165, 1.54) is 24.3 Å². The molecule has 0 aliphatic carbocycles. The van der Waals surface area contributed by atoms with Crippen LogP contribution in [0.15, 0.2) is 52.9 Å². The number of hydrogen-bond acceptors (Lipinski definition) is 7. The molecule has 0 aliphatic heterocycles. The molecule has 0 saturated heterocycles.